The highest BCUT2D eigenvalue weighted by atomic mass is 16.5. The number of methoxy groups -OCH3 is 1. The maximum absolute atomic E-state index is 11.7. The Morgan fingerprint density at radius 3 is 2.75 bits per heavy atom. The van der Waals surface area contributed by atoms with Gasteiger partial charge in [-0.25, -0.2) is 0 Å². The average molecular weight is 219 g/mol. The smallest absolute Gasteiger partial charge is 0.259 e. The van der Waals surface area contributed by atoms with E-state index in [1.165, 1.54) is 12.0 Å². The van der Waals surface area contributed by atoms with Gasteiger partial charge < -0.3 is 9.53 Å². The van der Waals surface area contributed by atoms with Gasteiger partial charge in [-0.05, 0) is 24.6 Å². The Labute approximate surface area is 93.8 Å². The summed E-state index contributed by atoms with van der Waals surface area (Å²) in [6, 6.07) is 6.99. The number of anilines is 1. The van der Waals surface area contributed by atoms with Crippen molar-refractivity contribution in [3.8, 4) is 0 Å². The molecule has 0 aromatic heterocycles. The highest BCUT2D eigenvalue weighted by molar-refractivity contribution is 6.10. The van der Waals surface area contributed by atoms with Crippen LogP contribution in [0.1, 0.15) is 5.56 Å². The molecule has 0 bridgehead atoms. The first-order chi connectivity index (χ1) is 7.69. The van der Waals surface area contributed by atoms with E-state index in [-0.39, 0.29) is 5.91 Å². The SMILES string of the molecule is CO[C@@H]1C(=O)N(c2cccc(C)c2)[C@H]1C=O. The van der Waals surface area contributed by atoms with Gasteiger partial charge in [0.1, 0.15) is 12.3 Å². The molecule has 1 aromatic carbocycles. The van der Waals surface area contributed by atoms with Crippen LogP contribution < -0.4 is 4.90 Å². The molecule has 0 saturated carbocycles. The summed E-state index contributed by atoms with van der Waals surface area (Å²) in [5.41, 5.74) is 1.80. The lowest BCUT2D eigenvalue weighted by atomic mass is 9.97. The molecule has 16 heavy (non-hydrogen) atoms. The molecule has 1 aliphatic rings. The monoisotopic (exact) mass is 219 g/mol. The van der Waals surface area contributed by atoms with Crippen LogP contribution in [-0.4, -0.2) is 31.4 Å². The van der Waals surface area contributed by atoms with Crippen LogP contribution in [0.15, 0.2) is 24.3 Å². The molecule has 4 heteroatoms. The van der Waals surface area contributed by atoms with Crippen molar-refractivity contribution in [2.45, 2.75) is 19.1 Å². The molecule has 2 rings (SSSR count). The molecule has 0 radical (unpaired) electrons. The number of benzene rings is 1. The van der Waals surface area contributed by atoms with Crippen molar-refractivity contribution in [3.05, 3.63) is 29.8 Å². The fourth-order valence-electron chi connectivity index (χ4n) is 1.93. The van der Waals surface area contributed by atoms with E-state index in [1.807, 2.05) is 31.2 Å². The standard InChI is InChI=1S/C12H13NO3/c1-8-4-3-5-9(6-8)13-10(7-14)11(16-2)12(13)15/h3-7,10-11H,1-2H3/t10-,11-/m0/s1. The molecule has 1 amide bonds. The Kier molecular flexibility index (Phi) is 2.75. The van der Waals surface area contributed by atoms with Gasteiger partial charge in [0.05, 0.1) is 0 Å². The second-order valence-electron chi connectivity index (χ2n) is 3.83. The molecule has 1 heterocycles. The Morgan fingerprint density at radius 1 is 1.44 bits per heavy atom. The third-order valence-electron chi connectivity index (χ3n) is 2.76. The van der Waals surface area contributed by atoms with E-state index in [0.29, 0.717) is 0 Å². The van der Waals surface area contributed by atoms with E-state index in [1.54, 1.807) is 0 Å². The maximum atomic E-state index is 11.7. The van der Waals surface area contributed by atoms with Gasteiger partial charge in [0, 0.05) is 12.8 Å². The molecule has 1 saturated heterocycles. The van der Waals surface area contributed by atoms with Crippen LogP contribution in [0.3, 0.4) is 0 Å². The number of aldehydes is 1. The van der Waals surface area contributed by atoms with E-state index in [0.717, 1.165) is 17.5 Å². The minimum Gasteiger partial charge on any atom is -0.369 e. The second-order valence-corrected chi connectivity index (χ2v) is 3.83. The summed E-state index contributed by atoms with van der Waals surface area (Å²) >= 11 is 0. The predicted molar refractivity (Wildman–Crippen MR) is 59.3 cm³/mol. The first-order valence-electron chi connectivity index (χ1n) is 5.07. The van der Waals surface area contributed by atoms with Gasteiger partial charge in [-0.2, -0.15) is 0 Å². The van der Waals surface area contributed by atoms with Crippen molar-refractivity contribution in [2.75, 3.05) is 12.0 Å². The number of carbonyl (C=O) groups is 2. The number of hydrogen-bond donors (Lipinski definition) is 0. The van der Waals surface area contributed by atoms with Gasteiger partial charge in [0.25, 0.3) is 5.91 Å². The normalized spacial score (nSPS) is 24.1. The minimum absolute atomic E-state index is 0.162. The van der Waals surface area contributed by atoms with Crippen molar-refractivity contribution in [1.82, 2.24) is 0 Å². The van der Waals surface area contributed by atoms with Crippen LogP contribution in [0.4, 0.5) is 5.69 Å². The Balaban J connectivity index is 2.29. The van der Waals surface area contributed by atoms with Crippen LogP contribution in [-0.2, 0) is 14.3 Å². The molecule has 0 N–H and O–H groups in total. The molecular weight excluding hydrogens is 206 g/mol. The van der Waals surface area contributed by atoms with Crippen LogP contribution in [0.2, 0.25) is 0 Å². The van der Waals surface area contributed by atoms with Crippen molar-refractivity contribution >= 4 is 17.9 Å². The molecule has 0 unspecified atom stereocenters. The van der Waals surface area contributed by atoms with Crippen molar-refractivity contribution < 1.29 is 14.3 Å². The lowest BCUT2D eigenvalue weighted by Crippen LogP contribution is -2.66. The van der Waals surface area contributed by atoms with Crippen LogP contribution in [0, 0.1) is 6.92 Å². The summed E-state index contributed by atoms with van der Waals surface area (Å²) in [4.78, 5) is 24.1. The zero-order valence-electron chi connectivity index (χ0n) is 9.21. The zero-order valence-corrected chi connectivity index (χ0v) is 9.21. The summed E-state index contributed by atoms with van der Waals surface area (Å²) in [7, 11) is 1.44. The van der Waals surface area contributed by atoms with Gasteiger partial charge in [-0.3, -0.25) is 9.69 Å². The second kappa shape index (κ2) is 4.06. The van der Waals surface area contributed by atoms with E-state index >= 15 is 0 Å². The van der Waals surface area contributed by atoms with E-state index in [4.69, 9.17) is 4.74 Å². The lowest BCUT2D eigenvalue weighted by molar-refractivity contribution is -0.142. The lowest BCUT2D eigenvalue weighted by Gasteiger charge is -2.43. The summed E-state index contributed by atoms with van der Waals surface area (Å²) in [6.07, 6.45) is 0.121. The zero-order chi connectivity index (χ0) is 11.7. The molecule has 2 atom stereocenters. The Morgan fingerprint density at radius 2 is 2.19 bits per heavy atom. The van der Waals surface area contributed by atoms with Crippen LogP contribution >= 0.6 is 0 Å². The molecule has 84 valence electrons. The fraction of sp³-hybridized carbons (Fsp3) is 0.333. The molecule has 1 aromatic rings. The first kappa shape index (κ1) is 10.8. The molecule has 0 spiro atoms. The van der Waals surface area contributed by atoms with Crippen molar-refractivity contribution in [1.29, 1.82) is 0 Å². The van der Waals surface area contributed by atoms with Gasteiger partial charge >= 0.3 is 0 Å². The molecule has 4 nitrogen and oxygen atoms in total. The number of aryl methyl sites for hydroxylation is 1. The number of β-lactam (4-membered cyclic amide) rings is 1. The molecule has 0 aliphatic carbocycles. The van der Waals surface area contributed by atoms with E-state index < -0.39 is 12.1 Å². The maximum Gasteiger partial charge on any atom is 0.259 e. The summed E-state index contributed by atoms with van der Waals surface area (Å²) in [5, 5.41) is 0. The Bertz CT molecular complexity index is 430. The molecule has 1 fully saturated rings. The number of carbonyl (C=O) groups excluding carboxylic acids is 2. The highest BCUT2D eigenvalue weighted by Crippen LogP contribution is 2.29. The number of amides is 1. The third-order valence-corrected chi connectivity index (χ3v) is 2.76. The predicted octanol–water partition coefficient (Wildman–Crippen LogP) is 0.924. The summed E-state index contributed by atoms with van der Waals surface area (Å²) in [6.45, 7) is 1.94. The number of ether oxygens (including phenoxy) is 1. The Hall–Kier alpha value is -1.68. The van der Waals surface area contributed by atoms with Gasteiger partial charge in [0.2, 0.25) is 0 Å². The quantitative estimate of drug-likeness (QED) is 0.561. The van der Waals surface area contributed by atoms with Crippen molar-refractivity contribution in [2.24, 2.45) is 0 Å². The minimum atomic E-state index is -0.627. The number of nitrogens with zero attached hydrogens (tertiary/aromatic N) is 1. The number of hydrogen-bond acceptors (Lipinski definition) is 3. The van der Waals surface area contributed by atoms with Gasteiger partial charge in [0.15, 0.2) is 6.10 Å². The van der Waals surface area contributed by atoms with Crippen LogP contribution in [0.5, 0.6) is 0 Å². The van der Waals surface area contributed by atoms with Gasteiger partial charge in [-0.15, -0.1) is 0 Å². The summed E-state index contributed by atoms with van der Waals surface area (Å²) < 4.78 is 4.96. The van der Waals surface area contributed by atoms with Crippen molar-refractivity contribution in [3.63, 3.8) is 0 Å². The van der Waals surface area contributed by atoms with E-state index in [9.17, 15) is 9.59 Å². The number of rotatable bonds is 3. The largest absolute Gasteiger partial charge is 0.369 e. The third kappa shape index (κ3) is 1.51. The van der Waals surface area contributed by atoms with Gasteiger partial charge in [-0.1, -0.05) is 12.1 Å². The fourth-order valence-corrected chi connectivity index (χ4v) is 1.93. The highest BCUT2D eigenvalue weighted by Gasteiger charge is 2.48. The summed E-state index contributed by atoms with van der Waals surface area (Å²) in [5.74, 6) is -0.162. The molecular formula is C12H13NO3. The first-order valence-corrected chi connectivity index (χ1v) is 5.07. The topological polar surface area (TPSA) is 46.6 Å². The van der Waals surface area contributed by atoms with E-state index in [2.05, 4.69) is 0 Å². The average Bonchev–Trinajstić information content (AvgIpc) is 2.26. The van der Waals surface area contributed by atoms with Crippen LogP contribution in [0.25, 0.3) is 0 Å². The molecule has 1 aliphatic heterocycles.